The van der Waals surface area contributed by atoms with Crippen LogP contribution in [0.3, 0.4) is 0 Å². The van der Waals surface area contributed by atoms with Crippen molar-refractivity contribution in [2.45, 2.75) is 6.92 Å². The molecule has 0 heterocycles. The Hall–Kier alpha value is 0.880. The van der Waals surface area contributed by atoms with E-state index in [1.54, 1.807) is 0 Å². The van der Waals surface area contributed by atoms with Gasteiger partial charge in [-0.1, -0.05) is 0 Å². The lowest BCUT2D eigenvalue weighted by Crippen LogP contribution is -2.00. The molecule has 9 nitrogen and oxygen atoms in total. The number of rotatable bonds is 4. The van der Waals surface area contributed by atoms with Gasteiger partial charge in [0, 0.05) is 0 Å². The van der Waals surface area contributed by atoms with Gasteiger partial charge in [0.25, 0.3) is 0 Å². The van der Waals surface area contributed by atoms with Crippen molar-refractivity contribution in [1.82, 2.24) is 0 Å². The van der Waals surface area contributed by atoms with Crippen LogP contribution >= 0.6 is 28.2 Å². The Labute approximate surface area is 85.0 Å². The van der Waals surface area contributed by atoms with E-state index in [1.165, 1.54) is 0 Å². The minimum absolute atomic E-state index is 0.922. The quantitative estimate of drug-likeness (QED) is 0.399. The maximum absolute atomic E-state index is 10.9. The van der Waals surface area contributed by atoms with Crippen LogP contribution in [0.4, 0.5) is 0 Å². The first-order chi connectivity index (χ1) is 6.31. The molecule has 92 valence electrons. The molecule has 0 aliphatic rings. The first kappa shape index (κ1) is 15.9. The SMILES string of the molecule is CC[P+](P(=O)(O)O)(P(=O)(O)O)P(=O)(O)O. The normalized spacial score (nSPS) is 15.4. The zero-order valence-corrected chi connectivity index (χ0v) is 11.0. The second-order valence-corrected chi connectivity index (χ2v) is 21.3. The Morgan fingerprint density at radius 2 is 1.00 bits per heavy atom. The van der Waals surface area contributed by atoms with Crippen molar-refractivity contribution in [1.29, 1.82) is 0 Å². The van der Waals surface area contributed by atoms with Gasteiger partial charge in [-0.3, -0.25) is 29.4 Å². The average Bonchev–Trinajstić information content (AvgIpc) is 1.76. The largest absolute Gasteiger partial charge is 0.485 e. The third kappa shape index (κ3) is 2.59. The highest BCUT2D eigenvalue weighted by atomic mass is 32.8. The van der Waals surface area contributed by atoms with E-state index < -0.39 is 34.3 Å². The smallest absolute Gasteiger partial charge is 0.294 e. The predicted octanol–water partition coefficient (Wildman–Crippen LogP) is 0.302. The lowest BCUT2D eigenvalue weighted by Gasteiger charge is -2.24. The summed E-state index contributed by atoms with van der Waals surface area (Å²) in [6, 6.07) is 0. The molecule has 0 aromatic rings. The van der Waals surface area contributed by atoms with Gasteiger partial charge in [-0.15, -0.1) is 0 Å². The maximum atomic E-state index is 10.9. The summed E-state index contributed by atoms with van der Waals surface area (Å²) in [5.41, 5.74) is 0. The summed E-state index contributed by atoms with van der Waals surface area (Å²) in [6.07, 6.45) is -5.97. The molecular formula is C2H11O9P4+. The fourth-order valence-corrected chi connectivity index (χ4v) is 17.3. The molecule has 0 spiro atoms. The third-order valence-corrected chi connectivity index (χ3v) is 27.7. The molecule has 0 unspecified atom stereocenters. The monoisotopic (exact) mass is 303 g/mol. The second kappa shape index (κ2) is 4.28. The summed E-state index contributed by atoms with van der Waals surface area (Å²) in [7, 11) is -16.7. The van der Waals surface area contributed by atoms with Crippen molar-refractivity contribution in [3.63, 3.8) is 0 Å². The zero-order chi connectivity index (χ0) is 12.7. The van der Waals surface area contributed by atoms with Gasteiger partial charge in [-0.05, 0) is 6.92 Å². The van der Waals surface area contributed by atoms with Crippen molar-refractivity contribution >= 4 is 28.2 Å². The van der Waals surface area contributed by atoms with E-state index in [1.807, 2.05) is 0 Å². The van der Waals surface area contributed by atoms with Gasteiger partial charge in [0.2, 0.25) is 0 Å². The molecular weight excluding hydrogens is 292 g/mol. The van der Waals surface area contributed by atoms with Gasteiger partial charge in [0.1, 0.15) is 0 Å². The van der Waals surface area contributed by atoms with Gasteiger partial charge in [0.15, 0.2) is 0 Å². The molecule has 0 aromatic heterocycles. The molecule has 0 aromatic carbocycles. The van der Waals surface area contributed by atoms with Crippen LogP contribution in [-0.4, -0.2) is 35.5 Å². The molecule has 0 bridgehead atoms. The Balaban J connectivity index is 6.16. The molecule has 0 rings (SSSR count). The summed E-state index contributed by atoms with van der Waals surface area (Å²) in [5.74, 6) is 0. The lowest BCUT2D eigenvalue weighted by molar-refractivity contribution is 0.380. The third-order valence-electron chi connectivity index (χ3n) is 1.68. The molecule has 0 aliphatic heterocycles. The molecule has 13 heteroatoms. The topological polar surface area (TPSA) is 173 Å². The summed E-state index contributed by atoms with van der Waals surface area (Å²) < 4.78 is 32.8. The molecule has 0 saturated carbocycles. The predicted molar refractivity (Wildman–Crippen MR) is 53.6 cm³/mol. The summed E-state index contributed by atoms with van der Waals surface area (Å²) in [5, 5.41) is 0. The van der Waals surface area contributed by atoms with Gasteiger partial charge in [-0.2, -0.15) is 0 Å². The van der Waals surface area contributed by atoms with E-state index >= 15 is 0 Å². The van der Waals surface area contributed by atoms with Crippen molar-refractivity contribution in [3.05, 3.63) is 0 Å². The van der Waals surface area contributed by atoms with Crippen LogP contribution in [0.1, 0.15) is 6.92 Å². The molecule has 0 fully saturated rings. The molecule has 0 amide bonds. The van der Waals surface area contributed by atoms with Crippen LogP contribution in [0, 0.1) is 0 Å². The van der Waals surface area contributed by atoms with E-state index in [4.69, 9.17) is 29.4 Å². The van der Waals surface area contributed by atoms with Crippen LogP contribution in [-0.2, 0) is 13.7 Å². The molecule has 6 N–H and O–H groups in total. The fourth-order valence-electron chi connectivity index (χ4n) is 1.01. The first-order valence-corrected chi connectivity index (χ1v) is 12.3. The molecule has 0 atom stereocenters. The summed E-state index contributed by atoms with van der Waals surface area (Å²) in [4.78, 5) is 52.7. The minimum Gasteiger partial charge on any atom is -0.294 e. The molecule has 0 aliphatic carbocycles. The van der Waals surface area contributed by atoms with Crippen molar-refractivity contribution < 1.29 is 43.1 Å². The average molecular weight is 303 g/mol. The zero-order valence-electron chi connectivity index (χ0n) is 7.40. The van der Waals surface area contributed by atoms with Gasteiger partial charge in [-0.25, -0.2) is 13.7 Å². The Bertz CT molecular complexity index is 313. The van der Waals surface area contributed by atoms with Crippen molar-refractivity contribution in [2.24, 2.45) is 0 Å². The van der Waals surface area contributed by atoms with Crippen molar-refractivity contribution in [2.75, 3.05) is 6.16 Å². The fraction of sp³-hybridized carbons (Fsp3) is 1.00. The van der Waals surface area contributed by atoms with Gasteiger partial charge < -0.3 is 0 Å². The van der Waals surface area contributed by atoms with Crippen LogP contribution in [0.15, 0.2) is 0 Å². The highest BCUT2D eigenvalue weighted by Gasteiger charge is 2.79. The summed E-state index contributed by atoms with van der Waals surface area (Å²) in [6.45, 7) is 0.922. The Morgan fingerprint density at radius 3 is 1.00 bits per heavy atom. The van der Waals surface area contributed by atoms with E-state index in [0.29, 0.717) is 0 Å². The van der Waals surface area contributed by atoms with Crippen LogP contribution < -0.4 is 0 Å². The van der Waals surface area contributed by atoms with Crippen LogP contribution in [0.2, 0.25) is 0 Å². The van der Waals surface area contributed by atoms with Crippen LogP contribution in [0.25, 0.3) is 0 Å². The molecule has 0 radical (unpaired) electrons. The Kier molecular flexibility index (Phi) is 4.53. The van der Waals surface area contributed by atoms with Gasteiger partial charge >= 0.3 is 28.2 Å². The van der Waals surface area contributed by atoms with E-state index in [0.717, 1.165) is 6.92 Å². The van der Waals surface area contributed by atoms with E-state index in [-0.39, 0.29) is 0 Å². The van der Waals surface area contributed by atoms with Crippen molar-refractivity contribution in [3.8, 4) is 0 Å². The number of hydrogen-bond acceptors (Lipinski definition) is 3. The highest BCUT2D eigenvalue weighted by molar-refractivity contribution is 8.89. The molecule has 15 heavy (non-hydrogen) atoms. The maximum Gasteiger partial charge on any atom is 0.485 e. The van der Waals surface area contributed by atoms with E-state index in [9.17, 15) is 13.7 Å². The van der Waals surface area contributed by atoms with E-state index in [2.05, 4.69) is 0 Å². The Morgan fingerprint density at radius 1 is 0.800 bits per heavy atom. The minimum atomic E-state index is -5.57. The standard InChI is InChI=1S/C2H10O9P4/c1-2-12(13(3,4)5,14(6,7)8)15(9,10)11/h2H2,1H3,(H5-,3,4,5,6,7,8,9,10,11)/p+1. The first-order valence-electron chi connectivity index (χ1n) is 3.37. The highest BCUT2D eigenvalue weighted by Crippen LogP contribution is 3.15. The lowest BCUT2D eigenvalue weighted by atomic mass is 11.0. The second-order valence-electron chi connectivity index (χ2n) is 2.55. The summed E-state index contributed by atoms with van der Waals surface area (Å²) >= 11 is 0. The molecule has 0 saturated heterocycles. The number of hydrogen-bond donors (Lipinski definition) is 6. The van der Waals surface area contributed by atoms with Gasteiger partial charge in [0.05, 0.1) is 6.16 Å². The van der Waals surface area contributed by atoms with Crippen LogP contribution in [0.5, 0.6) is 0 Å².